The summed E-state index contributed by atoms with van der Waals surface area (Å²) < 4.78 is 0. The summed E-state index contributed by atoms with van der Waals surface area (Å²) in [6.07, 6.45) is 0. The second-order valence-corrected chi connectivity index (χ2v) is 6.56. The van der Waals surface area contributed by atoms with Crippen molar-refractivity contribution in [2.45, 2.75) is 19.5 Å². The summed E-state index contributed by atoms with van der Waals surface area (Å²) in [5.41, 5.74) is 9.33. The topological polar surface area (TPSA) is 95.1 Å². The van der Waals surface area contributed by atoms with E-state index < -0.39 is 5.66 Å². The molecule has 2 aliphatic rings. The molecule has 4 N–H and O–H groups in total. The number of likely N-dealkylation sites (N-methyl/N-ethyl adjacent to an activating group) is 1. The van der Waals surface area contributed by atoms with Gasteiger partial charge in [-0.1, -0.05) is 24.3 Å². The van der Waals surface area contributed by atoms with Crippen molar-refractivity contribution in [3.63, 3.8) is 0 Å². The number of carbonyl (C=O) groups is 1. The lowest BCUT2D eigenvalue weighted by molar-refractivity contribution is -0.122. The molecule has 1 atom stereocenters. The lowest BCUT2D eigenvalue weighted by Crippen LogP contribution is -2.50. The summed E-state index contributed by atoms with van der Waals surface area (Å²) in [5.74, 6) is 0.298. The van der Waals surface area contributed by atoms with Gasteiger partial charge in [-0.3, -0.25) is 10.1 Å². The summed E-state index contributed by atoms with van der Waals surface area (Å²) >= 11 is 0. The number of hydrogen-bond acceptors (Lipinski definition) is 6. The summed E-state index contributed by atoms with van der Waals surface area (Å²) in [7, 11) is 1.72. The molecule has 0 saturated heterocycles. The van der Waals surface area contributed by atoms with Crippen molar-refractivity contribution >= 4 is 29.2 Å². The first-order chi connectivity index (χ1) is 12.4. The number of nitrogens with one attached hydrogen (secondary N) is 2. The van der Waals surface area contributed by atoms with Gasteiger partial charge in [0.2, 0.25) is 5.96 Å². The van der Waals surface area contributed by atoms with Crippen LogP contribution in [0.2, 0.25) is 0 Å². The fourth-order valence-electron chi connectivity index (χ4n) is 3.29. The Bertz CT molecular complexity index is 980. The van der Waals surface area contributed by atoms with Gasteiger partial charge in [0.1, 0.15) is 0 Å². The minimum Gasteiger partial charge on any atom is -0.370 e. The average molecular weight is 348 g/mol. The van der Waals surface area contributed by atoms with E-state index in [1.54, 1.807) is 11.9 Å². The summed E-state index contributed by atoms with van der Waals surface area (Å²) in [4.78, 5) is 23.5. The van der Waals surface area contributed by atoms with Crippen LogP contribution in [0.25, 0.3) is 0 Å². The van der Waals surface area contributed by atoms with Gasteiger partial charge in [-0.2, -0.15) is 0 Å². The van der Waals surface area contributed by atoms with E-state index in [0.29, 0.717) is 5.96 Å². The van der Waals surface area contributed by atoms with Crippen LogP contribution in [-0.2, 0) is 10.5 Å². The molecule has 0 aliphatic carbocycles. The first-order valence-electron chi connectivity index (χ1n) is 8.35. The van der Waals surface area contributed by atoms with Crippen LogP contribution >= 0.6 is 0 Å². The number of anilines is 2. The molecule has 132 valence electrons. The lowest BCUT2D eigenvalue weighted by Gasteiger charge is -2.26. The number of carbonyl (C=O) groups excluding carboxylic acids is 1. The van der Waals surface area contributed by atoms with Gasteiger partial charge in [0.15, 0.2) is 5.96 Å². The van der Waals surface area contributed by atoms with Crippen LogP contribution in [0, 0.1) is 13.8 Å². The highest BCUT2D eigenvalue weighted by Gasteiger charge is 2.52. The number of rotatable bonds is 1. The van der Waals surface area contributed by atoms with Gasteiger partial charge < -0.3 is 16.0 Å². The van der Waals surface area contributed by atoms with Crippen LogP contribution in [0.5, 0.6) is 0 Å². The normalized spacial score (nSPS) is 21.2. The fourth-order valence-corrected chi connectivity index (χ4v) is 3.29. The predicted molar refractivity (Wildman–Crippen MR) is 103 cm³/mol. The van der Waals surface area contributed by atoms with Gasteiger partial charge in [0.25, 0.3) is 11.6 Å². The van der Waals surface area contributed by atoms with Gasteiger partial charge in [-0.15, -0.1) is 0 Å². The van der Waals surface area contributed by atoms with Crippen molar-refractivity contribution in [2.24, 2.45) is 15.7 Å². The minimum absolute atomic E-state index is 0.143. The number of guanidine groups is 2. The second-order valence-electron chi connectivity index (χ2n) is 6.56. The van der Waals surface area contributed by atoms with E-state index in [4.69, 9.17) is 5.73 Å². The van der Waals surface area contributed by atoms with Crippen LogP contribution in [0.1, 0.15) is 16.7 Å². The van der Waals surface area contributed by atoms with E-state index in [1.807, 2.05) is 49.4 Å². The Balaban J connectivity index is 1.78. The molecule has 1 amide bonds. The number of aryl methyl sites for hydroxylation is 2. The highest BCUT2D eigenvalue weighted by molar-refractivity contribution is 6.14. The number of hydrogen-bond donors (Lipinski definition) is 3. The van der Waals surface area contributed by atoms with E-state index in [9.17, 15) is 4.79 Å². The van der Waals surface area contributed by atoms with Crippen molar-refractivity contribution in [1.29, 1.82) is 0 Å². The molecule has 0 fully saturated rings. The Labute approximate surface area is 151 Å². The number of nitrogens with zero attached hydrogens (tertiary/aromatic N) is 3. The van der Waals surface area contributed by atoms with E-state index in [0.717, 1.165) is 22.5 Å². The first kappa shape index (κ1) is 16.1. The number of aliphatic imine (C=N–C) groups is 2. The number of para-hydroxylation sites is 1. The van der Waals surface area contributed by atoms with Gasteiger partial charge in [0, 0.05) is 18.3 Å². The molecule has 0 bridgehead atoms. The van der Waals surface area contributed by atoms with Gasteiger partial charge in [0.05, 0.1) is 5.69 Å². The molecule has 0 aromatic heterocycles. The molecule has 7 nitrogen and oxygen atoms in total. The maximum absolute atomic E-state index is 13.0. The summed E-state index contributed by atoms with van der Waals surface area (Å²) in [6, 6.07) is 13.5. The van der Waals surface area contributed by atoms with Crippen LogP contribution in [0.15, 0.2) is 52.4 Å². The number of nitrogens with two attached hydrogens (primary N) is 1. The Hall–Kier alpha value is -3.35. The molecule has 2 aromatic carbocycles. The minimum atomic E-state index is -1.39. The van der Waals surface area contributed by atoms with Crippen LogP contribution in [-0.4, -0.2) is 24.9 Å². The highest BCUT2D eigenvalue weighted by atomic mass is 16.2. The number of fused-ring (bicyclic) bond motifs is 2. The Morgan fingerprint density at radius 3 is 2.65 bits per heavy atom. The summed E-state index contributed by atoms with van der Waals surface area (Å²) in [5, 5.41) is 6.12. The monoisotopic (exact) mass is 348 g/mol. The van der Waals surface area contributed by atoms with Gasteiger partial charge in [-0.05, 0) is 43.2 Å². The molecule has 0 saturated carbocycles. The van der Waals surface area contributed by atoms with Crippen molar-refractivity contribution in [3.8, 4) is 0 Å². The Kier molecular flexibility index (Phi) is 3.47. The van der Waals surface area contributed by atoms with Crippen LogP contribution in [0.3, 0.4) is 0 Å². The molecule has 7 heteroatoms. The van der Waals surface area contributed by atoms with E-state index in [2.05, 4.69) is 27.5 Å². The molecule has 26 heavy (non-hydrogen) atoms. The van der Waals surface area contributed by atoms with Crippen molar-refractivity contribution < 1.29 is 4.79 Å². The van der Waals surface area contributed by atoms with E-state index >= 15 is 0 Å². The third-order valence-corrected chi connectivity index (χ3v) is 4.82. The molecule has 0 radical (unpaired) electrons. The maximum atomic E-state index is 13.0. The second kappa shape index (κ2) is 5.59. The molecule has 2 aromatic rings. The van der Waals surface area contributed by atoms with E-state index in [-0.39, 0.29) is 11.9 Å². The Morgan fingerprint density at radius 2 is 1.88 bits per heavy atom. The summed E-state index contributed by atoms with van der Waals surface area (Å²) in [6.45, 7) is 4.10. The molecule has 1 spiro atoms. The predicted octanol–water partition coefficient (Wildman–Crippen LogP) is 1.82. The molecule has 4 rings (SSSR count). The standard InChI is InChI=1S/C19H20N6O/c1-11-8-9-13(10-12(11)2)21-18-22-17(20)23-19(24-18)14-6-4-5-7-15(14)25(3)16(19)26/h4-10H,1-3H3,(H4,20,21,22,23,24)/t19-/m1/s1. The fraction of sp³-hybridized carbons (Fsp3) is 0.211. The highest BCUT2D eigenvalue weighted by Crippen LogP contribution is 2.43. The van der Waals surface area contributed by atoms with Crippen molar-refractivity contribution in [2.75, 3.05) is 17.3 Å². The molecular weight excluding hydrogens is 328 g/mol. The van der Waals surface area contributed by atoms with Crippen molar-refractivity contribution in [3.05, 3.63) is 59.2 Å². The first-order valence-corrected chi connectivity index (χ1v) is 8.35. The molecule has 0 unspecified atom stereocenters. The van der Waals surface area contributed by atoms with Crippen LogP contribution in [0.4, 0.5) is 11.4 Å². The third kappa shape index (κ3) is 2.32. The Morgan fingerprint density at radius 1 is 1.12 bits per heavy atom. The third-order valence-electron chi connectivity index (χ3n) is 4.82. The zero-order valence-electron chi connectivity index (χ0n) is 14.9. The average Bonchev–Trinajstić information content (AvgIpc) is 2.80. The zero-order valence-corrected chi connectivity index (χ0v) is 14.9. The zero-order chi connectivity index (χ0) is 18.5. The van der Waals surface area contributed by atoms with E-state index in [1.165, 1.54) is 5.56 Å². The molecule has 2 aliphatic heterocycles. The van der Waals surface area contributed by atoms with Crippen LogP contribution < -0.4 is 21.3 Å². The van der Waals surface area contributed by atoms with Crippen molar-refractivity contribution in [1.82, 2.24) is 5.32 Å². The number of amides is 1. The number of benzene rings is 2. The quantitative estimate of drug-likeness (QED) is 0.732. The van der Waals surface area contributed by atoms with Gasteiger partial charge in [-0.25, -0.2) is 9.98 Å². The lowest BCUT2D eigenvalue weighted by atomic mass is 10.0. The molecular formula is C19H20N6O. The maximum Gasteiger partial charge on any atom is 0.282 e. The SMILES string of the molecule is Cc1ccc(NC2=N[C@@]3(N=C(N)N2)C(=O)N(C)c2ccccc23)cc1C. The largest absolute Gasteiger partial charge is 0.370 e. The molecule has 2 heterocycles. The smallest absolute Gasteiger partial charge is 0.282 e. The van der Waals surface area contributed by atoms with Gasteiger partial charge >= 0.3 is 0 Å².